The maximum absolute atomic E-state index is 4.67. The molecule has 0 unspecified atom stereocenters. The van der Waals surface area contributed by atoms with Crippen LogP contribution in [0.15, 0.2) is 18.2 Å². The number of aryl methyl sites for hydroxylation is 2. The highest BCUT2D eigenvalue weighted by molar-refractivity contribution is 5.64. The van der Waals surface area contributed by atoms with Crippen molar-refractivity contribution in [1.82, 2.24) is 9.97 Å². The number of hydrogen-bond acceptors (Lipinski definition) is 3. The van der Waals surface area contributed by atoms with Gasteiger partial charge in [0.15, 0.2) is 5.82 Å². The van der Waals surface area contributed by atoms with E-state index in [9.17, 15) is 0 Å². The lowest BCUT2D eigenvalue weighted by atomic mass is 10.0. The van der Waals surface area contributed by atoms with Crippen LogP contribution in [0.2, 0.25) is 0 Å². The molecule has 0 aliphatic carbocycles. The number of anilines is 1. The first-order chi connectivity index (χ1) is 9.04. The second-order valence-corrected chi connectivity index (χ2v) is 4.88. The Bertz CT molecular complexity index is 603. The quantitative estimate of drug-likeness (QED) is 0.906. The lowest BCUT2D eigenvalue weighted by Crippen LogP contribution is -2.06. The van der Waals surface area contributed by atoms with Gasteiger partial charge in [-0.3, -0.25) is 0 Å². The third-order valence-electron chi connectivity index (χ3n) is 3.58. The molecular formula is C16H21N3. The summed E-state index contributed by atoms with van der Waals surface area (Å²) in [5.74, 6) is 1.74. The summed E-state index contributed by atoms with van der Waals surface area (Å²) in [7, 11) is 0. The maximum Gasteiger partial charge on any atom is 0.162 e. The van der Waals surface area contributed by atoms with Crippen molar-refractivity contribution in [3.05, 3.63) is 40.6 Å². The van der Waals surface area contributed by atoms with Crippen molar-refractivity contribution in [3.8, 4) is 11.4 Å². The summed E-state index contributed by atoms with van der Waals surface area (Å²) in [6.45, 7) is 11.3. The van der Waals surface area contributed by atoms with Crippen LogP contribution in [0.4, 0.5) is 5.82 Å². The molecule has 0 aliphatic heterocycles. The topological polar surface area (TPSA) is 37.8 Å². The average Bonchev–Trinajstić information content (AvgIpc) is 2.38. The summed E-state index contributed by atoms with van der Waals surface area (Å²) in [4.78, 5) is 9.31. The zero-order valence-electron chi connectivity index (χ0n) is 12.3. The van der Waals surface area contributed by atoms with Crippen LogP contribution in [0.1, 0.15) is 29.3 Å². The smallest absolute Gasteiger partial charge is 0.162 e. The highest BCUT2D eigenvalue weighted by Crippen LogP contribution is 2.25. The predicted octanol–water partition coefficient (Wildman–Crippen LogP) is 3.81. The van der Waals surface area contributed by atoms with Gasteiger partial charge in [0.25, 0.3) is 0 Å². The van der Waals surface area contributed by atoms with E-state index >= 15 is 0 Å². The van der Waals surface area contributed by atoms with Gasteiger partial charge in [-0.1, -0.05) is 18.2 Å². The number of hydrogen-bond donors (Lipinski definition) is 1. The Morgan fingerprint density at radius 3 is 2.42 bits per heavy atom. The zero-order valence-corrected chi connectivity index (χ0v) is 12.3. The van der Waals surface area contributed by atoms with Crippen molar-refractivity contribution in [2.45, 2.75) is 34.6 Å². The molecule has 0 radical (unpaired) electrons. The Balaban J connectivity index is 2.59. The Morgan fingerprint density at radius 2 is 1.74 bits per heavy atom. The minimum absolute atomic E-state index is 0.806. The summed E-state index contributed by atoms with van der Waals surface area (Å²) in [6.07, 6.45) is 0. The predicted molar refractivity (Wildman–Crippen MR) is 80.6 cm³/mol. The van der Waals surface area contributed by atoms with Crippen molar-refractivity contribution in [3.63, 3.8) is 0 Å². The van der Waals surface area contributed by atoms with Gasteiger partial charge >= 0.3 is 0 Å². The zero-order chi connectivity index (χ0) is 14.0. The van der Waals surface area contributed by atoms with E-state index < -0.39 is 0 Å². The monoisotopic (exact) mass is 255 g/mol. The first kappa shape index (κ1) is 13.5. The molecule has 2 aromatic rings. The van der Waals surface area contributed by atoms with Gasteiger partial charge in [0, 0.05) is 23.4 Å². The second kappa shape index (κ2) is 5.39. The Kier molecular flexibility index (Phi) is 3.84. The van der Waals surface area contributed by atoms with Crippen molar-refractivity contribution < 1.29 is 0 Å². The van der Waals surface area contributed by atoms with Gasteiger partial charge in [0.2, 0.25) is 0 Å². The maximum atomic E-state index is 4.67. The van der Waals surface area contributed by atoms with Crippen molar-refractivity contribution in [1.29, 1.82) is 0 Å². The fourth-order valence-electron chi connectivity index (χ4n) is 2.08. The molecule has 1 aromatic carbocycles. The first-order valence-corrected chi connectivity index (χ1v) is 6.70. The molecule has 0 spiro atoms. The lowest BCUT2D eigenvalue weighted by molar-refractivity contribution is 1.04. The van der Waals surface area contributed by atoms with Crippen LogP contribution >= 0.6 is 0 Å². The molecule has 3 nitrogen and oxygen atoms in total. The largest absolute Gasteiger partial charge is 0.370 e. The van der Waals surface area contributed by atoms with Crippen molar-refractivity contribution >= 4 is 5.82 Å². The van der Waals surface area contributed by atoms with Gasteiger partial charge < -0.3 is 5.32 Å². The van der Waals surface area contributed by atoms with E-state index in [1.165, 1.54) is 11.1 Å². The standard InChI is InChI=1S/C16H21N3/c1-6-17-15-12(4)13(5)18-16(19-15)14-9-7-8-10(2)11(14)3/h7-9H,6H2,1-5H3,(H,17,18,19). The number of rotatable bonds is 3. The highest BCUT2D eigenvalue weighted by Gasteiger charge is 2.11. The Hall–Kier alpha value is -1.90. The number of nitrogens with one attached hydrogen (secondary N) is 1. The molecule has 0 bridgehead atoms. The van der Waals surface area contributed by atoms with E-state index in [-0.39, 0.29) is 0 Å². The molecule has 1 N–H and O–H groups in total. The second-order valence-electron chi connectivity index (χ2n) is 4.88. The molecule has 19 heavy (non-hydrogen) atoms. The molecule has 0 atom stereocenters. The van der Waals surface area contributed by atoms with Gasteiger partial charge in [-0.15, -0.1) is 0 Å². The van der Waals surface area contributed by atoms with Crippen LogP contribution in [0.3, 0.4) is 0 Å². The summed E-state index contributed by atoms with van der Waals surface area (Å²) in [5, 5.41) is 3.31. The summed E-state index contributed by atoms with van der Waals surface area (Å²) < 4.78 is 0. The van der Waals surface area contributed by atoms with Gasteiger partial charge in [-0.2, -0.15) is 0 Å². The minimum Gasteiger partial charge on any atom is -0.370 e. The van der Waals surface area contributed by atoms with E-state index in [0.29, 0.717) is 0 Å². The summed E-state index contributed by atoms with van der Waals surface area (Å²) in [6, 6.07) is 6.26. The molecule has 100 valence electrons. The number of nitrogens with zero attached hydrogens (tertiary/aromatic N) is 2. The van der Waals surface area contributed by atoms with Gasteiger partial charge in [0.05, 0.1) is 0 Å². The van der Waals surface area contributed by atoms with Crippen LogP contribution in [0.5, 0.6) is 0 Å². The van der Waals surface area contributed by atoms with E-state index in [4.69, 9.17) is 0 Å². The van der Waals surface area contributed by atoms with Crippen molar-refractivity contribution in [2.75, 3.05) is 11.9 Å². The molecular weight excluding hydrogens is 234 g/mol. The van der Waals surface area contributed by atoms with Gasteiger partial charge in [-0.05, 0) is 45.7 Å². The lowest BCUT2D eigenvalue weighted by Gasteiger charge is -2.13. The van der Waals surface area contributed by atoms with Crippen LogP contribution < -0.4 is 5.32 Å². The Morgan fingerprint density at radius 1 is 1.00 bits per heavy atom. The normalized spacial score (nSPS) is 10.6. The van der Waals surface area contributed by atoms with Crippen LogP contribution in [-0.2, 0) is 0 Å². The molecule has 3 heteroatoms. The summed E-state index contributed by atoms with van der Waals surface area (Å²) >= 11 is 0. The number of aromatic nitrogens is 2. The first-order valence-electron chi connectivity index (χ1n) is 6.70. The fourth-order valence-corrected chi connectivity index (χ4v) is 2.08. The summed E-state index contributed by atoms with van der Waals surface area (Å²) in [5.41, 5.74) is 5.78. The van der Waals surface area contributed by atoms with E-state index in [1.54, 1.807) is 0 Å². The molecule has 0 saturated heterocycles. The fraction of sp³-hybridized carbons (Fsp3) is 0.375. The third kappa shape index (κ3) is 2.60. The molecule has 0 saturated carbocycles. The van der Waals surface area contributed by atoms with Gasteiger partial charge in [0.1, 0.15) is 5.82 Å². The third-order valence-corrected chi connectivity index (χ3v) is 3.58. The molecule has 0 fully saturated rings. The van der Waals surface area contributed by atoms with Crippen LogP contribution in [-0.4, -0.2) is 16.5 Å². The van der Waals surface area contributed by atoms with Crippen LogP contribution in [0.25, 0.3) is 11.4 Å². The van der Waals surface area contributed by atoms with Crippen LogP contribution in [0, 0.1) is 27.7 Å². The number of benzene rings is 1. The average molecular weight is 255 g/mol. The van der Waals surface area contributed by atoms with Gasteiger partial charge in [-0.25, -0.2) is 9.97 Å². The Labute approximate surface area is 115 Å². The van der Waals surface area contributed by atoms with Crippen molar-refractivity contribution in [2.24, 2.45) is 0 Å². The molecule has 0 amide bonds. The van der Waals surface area contributed by atoms with E-state index in [1.807, 2.05) is 6.92 Å². The molecule has 2 rings (SSSR count). The molecule has 1 heterocycles. The molecule has 1 aromatic heterocycles. The highest BCUT2D eigenvalue weighted by atomic mass is 15.0. The minimum atomic E-state index is 0.806. The van der Waals surface area contributed by atoms with E-state index in [2.05, 4.69) is 61.2 Å². The molecule has 0 aliphatic rings. The van der Waals surface area contributed by atoms with E-state index in [0.717, 1.165) is 35.0 Å². The SMILES string of the molecule is CCNc1nc(-c2cccc(C)c2C)nc(C)c1C.